The summed E-state index contributed by atoms with van der Waals surface area (Å²) in [5.74, 6) is -0.420. The molecule has 1 aromatic rings. The first kappa shape index (κ1) is 14.2. The minimum absolute atomic E-state index is 0. The van der Waals surface area contributed by atoms with Gasteiger partial charge >= 0.3 is 0 Å². The van der Waals surface area contributed by atoms with Gasteiger partial charge in [0, 0.05) is 18.2 Å². The summed E-state index contributed by atoms with van der Waals surface area (Å²) in [7, 11) is 0. The Hall–Kier alpha value is -0.840. The van der Waals surface area contributed by atoms with Crippen molar-refractivity contribution < 1.29 is 14.6 Å². The van der Waals surface area contributed by atoms with Gasteiger partial charge in [-0.15, -0.1) is 12.4 Å². The number of aryl methyl sites for hydroxylation is 1. The lowest BCUT2D eigenvalue weighted by atomic mass is 10.0. The molecule has 0 aliphatic heterocycles. The fourth-order valence-corrected chi connectivity index (χ4v) is 1.34. The van der Waals surface area contributed by atoms with Crippen LogP contribution in [0.15, 0.2) is 12.1 Å². The number of phenols is 1. The topological polar surface area (TPSA) is 66.5 Å². The first-order chi connectivity index (χ1) is 6.56. The third-order valence-corrected chi connectivity index (χ3v) is 2.13. The maximum Gasteiger partial charge on any atom is 0.124 e. The van der Waals surface area contributed by atoms with Gasteiger partial charge in [-0.25, -0.2) is 4.39 Å². The maximum absolute atomic E-state index is 13.0. The molecule has 0 bridgehead atoms. The van der Waals surface area contributed by atoms with E-state index in [1.165, 1.54) is 12.1 Å². The zero-order chi connectivity index (χ0) is 10.7. The summed E-state index contributed by atoms with van der Waals surface area (Å²) in [4.78, 5) is 0. The summed E-state index contributed by atoms with van der Waals surface area (Å²) in [5.41, 5.74) is 6.45. The molecule has 4 N–H and O–H groups in total. The van der Waals surface area contributed by atoms with Crippen molar-refractivity contribution >= 4 is 12.4 Å². The van der Waals surface area contributed by atoms with Crippen LogP contribution in [-0.4, -0.2) is 16.8 Å². The molecular formula is C10H15ClFNO2. The van der Waals surface area contributed by atoms with Crippen molar-refractivity contribution in [2.45, 2.75) is 19.4 Å². The summed E-state index contributed by atoms with van der Waals surface area (Å²) in [5, 5.41) is 18.3. The number of hydrogen-bond donors (Lipinski definition) is 3. The van der Waals surface area contributed by atoms with Crippen molar-refractivity contribution in [2.75, 3.05) is 6.61 Å². The van der Waals surface area contributed by atoms with Crippen LogP contribution in [0.1, 0.15) is 23.6 Å². The number of aliphatic hydroxyl groups is 1. The highest BCUT2D eigenvalue weighted by Crippen LogP contribution is 2.28. The van der Waals surface area contributed by atoms with Crippen molar-refractivity contribution in [2.24, 2.45) is 5.73 Å². The fourth-order valence-electron chi connectivity index (χ4n) is 1.34. The molecule has 86 valence electrons. The molecule has 1 aromatic carbocycles. The molecule has 0 radical (unpaired) electrons. The van der Waals surface area contributed by atoms with Crippen molar-refractivity contribution in [3.8, 4) is 5.75 Å². The van der Waals surface area contributed by atoms with Crippen LogP contribution >= 0.6 is 12.4 Å². The number of phenolic OH excluding ortho intramolecular Hbond substituents is 1. The van der Waals surface area contributed by atoms with Crippen LogP contribution < -0.4 is 5.73 Å². The Labute approximate surface area is 94.1 Å². The molecule has 0 aliphatic carbocycles. The molecule has 0 fully saturated rings. The van der Waals surface area contributed by atoms with Gasteiger partial charge in [-0.2, -0.15) is 0 Å². The summed E-state index contributed by atoms with van der Waals surface area (Å²) in [6.45, 7) is 1.52. The largest absolute Gasteiger partial charge is 0.507 e. The molecular weight excluding hydrogens is 221 g/mol. The number of aliphatic hydroxyl groups excluding tert-OH is 1. The highest BCUT2D eigenvalue weighted by molar-refractivity contribution is 5.85. The predicted molar refractivity (Wildman–Crippen MR) is 58.7 cm³/mol. The third-order valence-electron chi connectivity index (χ3n) is 2.13. The molecule has 0 saturated carbocycles. The Morgan fingerprint density at radius 3 is 2.60 bits per heavy atom. The molecule has 0 saturated heterocycles. The number of rotatable bonds is 3. The average Bonchev–Trinajstić information content (AvgIpc) is 2.11. The van der Waals surface area contributed by atoms with E-state index in [2.05, 4.69) is 0 Å². The van der Waals surface area contributed by atoms with Crippen molar-refractivity contribution in [1.82, 2.24) is 0 Å². The molecule has 0 unspecified atom stereocenters. The fraction of sp³-hybridized carbons (Fsp3) is 0.400. The van der Waals surface area contributed by atoms with Gasteiger partial charge in [-0.05, 0) is 31.0 Å². The molecule has 1 rings (SSSR count). The lowest BCUT2D eigenvalue weighted by Crippen LogP contribution is -2.12. The standard InChI is InChI=1S/C10H14FNO2.ClH/c1-6-4-7(11)5-8(10(6)14)9(12)2-3-13;/h4-5,9,13-14H,2-3,12H2,1H3;1H/t9-;/m1./s1. The zero-order valence-corrected chi connectivity index (χ0v) is 9.22. The Morgan fingerprint density at radius 1 is 1.47 bits per heavy atom. The molecule has 0 heterocycles. The Kier molecular flexibility index (Phi) is 5.57. The lowest BCUT2D eigenvalue weighted by molar-refractivity contribution is 0.275. The smallest absolute Gasteiger partial charge is 0.124 e. The van der Waals surface area contributed by atoms with Gasteiger partial charge in [0.2, 0.25) is 0 Å². The second kappa shape index (κ2) is 5.90. The minimum atomic E-state index is -0.533. The predicted octanol–water partition coefficient (Wildman–Crippen LogP) is 1.64. The average molecular weight is 236 g/mol. The normalized spacial score (nSPS) is 12.0. The van der Waals surface area contributed by atoms with Crippen LogP contribution in [0, 0.1) is 12.7 Å². The van der Waals surface area contributed by atoms with Gasteiger partial charge in [-0.1, -0.05) is 0 Å². The number of halogens is 2. The third kappa shape index (κ3) is 3.34. The monoisotopic (exact) mass is 235 g/mol. The van der Waals surface area contributed by atoms with Gasteiger partial charge in [0.25, 0.3) is 0 Å². The quantitative estimate of drug-likeness (QED) is 0.746. The Balaban J connectivity index is 0.00000196. The van der Waals surface area contributed by atoms with Crippen LogP contribution in [0.25, 0.3) is 0 Å². The van der Waals surface area contributed by atoms with E-state index in [0.717, 1.165) is 0 Å². The van der Waals surface area contributed by atoms with Crippen LogP contribution in [0.4, 0.5) is 4.39 Å². The molecule has 0 spiro atoms. The van der Waals surface area contributed by atoms with Crippen LogP contribution in [0.3, 0.4) is 0 Å². The first-order valence-electron chi connectivity index (χ1n) is 4.41. The molecule has 0 aromatic heterocycles. The second-order valence-corrected chi connectivity index (χ2v) is 3.28. The van der Waals surface area contributed by atoms with Crippen LogP contribution in [0.2, 0.25) is 0 Å². The highest BCUT2D eigenvalue weighted by atomic mass is 35.5. The minimum Gasteiger partial charge on any atom is -0.507 e. The molecule has 0 aliphatic rings. The lowest BCUT2D eigenvalue weighted by Gasteiger charge is -2.13. The van der Waals surface area contributed by atoms with E-state index in [0.29, 0.717) is 17.5 Å². The summed E-state index contributed by atoms with van der Waals surface area (Å²) in [6.07, 6.45) is 0.302. The highest BCUT2D eigenvalue weighted by Gasteiger charge is 2.13. The van der Waals surface area contributed by atoms with E-state index in [-0.39, 0.29) is 24.8 Å². The van der Waals surface area contributed by atoms with E-state index >= 15 is 0 Å². The molecule has 5 heteroatoms. The maximum atomic E-state index is 13.0. The van der Waals surface area contributed by atoms with Gasteiger partial charge in [0.05, 0.1) is 0 Å². The Bertz CT molecular complexity index is 333. The number of aromatic hydroxyl groups is 1. The van der Waals surface area contributed by atoms with E-state index in [1.807, 2.05) is 0 Å². The zero-order valence-electron chi connectivity index (χ0n) is 8.40. The number of hydrogen-bond acceptors (Lipinski definition) is 3. The SMILES string of the molecule is Cc1cc(F)cc([C@H](N)CCO)c1O.Cl. The van der Waals surface area contributed by atoms with Gasteiger partial charge in [-0.3, -0.25) is 0 Å². The second-order valence-electron chi connectivity index (χ2n) is 3.28. The van der Waals surface area contributed by atoms with Gasteiger partial charge < -0.3 is 15.9 Å². The van der Waals surface area contributed by atoms with Crippen LogP contribution in [0.5, 0.6) is 5.75 Å². The van der Waals surface area contributed by atoms with Gasteiger partial charge in [0.15, 0.2) is 0 Å². The summed E-state index contributed by atoms with van der Waals surface area (Å²) in [6, 6.07) is 1.90. The van der Waals surface area contributed by atoms with E-state index in [9.17, 15) is 9.50 Å². The van der Waals surface area contributed by atoms with Crippen LogP contribution in [-0.2, 0) is 0 Å². The van der Waals surface area contributed by atoms with Gasteiger partial charge in [0.1, 0.15) is 11.6 Å². The Morgan fingerprint density at radius 2 is 2.07 bits per heavy atom. The van der Waals surface area contributed by atoms with Crippen molar-refractivity contribution in [3.05, 3.63) is 29.1 Å². The van der Waals surface area contributed by atoms with E-state index in [1.54, 1.807) is 6.92 Å². The number of benzene rings is 1. The number of nitrogens with two attached hydrogens (primary N) is 1. The van der Waals surface area contributed by atoms with Crippen molar-refractivity contribution in [1.29, 1.82) is 0 Å². The van der Waals surface area contributed by atoms with Crippen molar-refractivity contribution in [3.63, 3.8) is 0 Å². The summed E-state index contributed by atoms with van der Waals surface area (Å²) >= 11 is 0. The van der Waals surface area contributed by atoms with E-state index in [4.69, 9.17) is 10.8 Å². The first-order valence-corrected chi connectivity index (χ1v) is 4.41. The summed E-state index contributed by atoms with van der Waals surface area (Å²) < 4.78 is 13.0. The molecule has 0 amide bonds. The molecule has 1 atom stereocenters. The molecule has 15 heavy (non-hydrogen) atoms. The molecule has 3 nitrogen and oxygen atoms in total. The van der Waals surface area contributed by atoms with E-state index < -0.39 is 11.9 Å².